The molecule has 0 bridgehead atoms. The van der Waals surface area contributed by atoms with E-state index in [4.69, 9.17) is 4.74 Å². The molecule has 3 aliphatic heterocycles. The van der Waals surface area contributed by atoms with E-state index in [9.17, 15) is 14.4 Å². The van der Waals surface area contributed by atoms with Gasteiger partial charge in [0.1, 0.15) is 11.8 Å². The van der Waals surface area contributed by atoms with Gasteiger partial charge in [-0.3, -0.25) is 14.4 Å². The van der Waals surface area contributed by atoms with Gasteiger partial charge >= 0.3 is 0 Å². The summed E-state index contributed by atoms with van der Waals surface area (Å²) in [5.74, 6) is -1.29. The van der Waals surface area contributed by atoms with Crippen LogP contribution in [0, 0.1) is 24.2 Å². The van der Waals surface area contributed by atoms with Gasteiger partial charge in [-0.1, -0.05) is 38.5 Å². The molecule has 0 unspecified atom stereocenters. The van der Waals surface area contributed by atoms with Gasteiger partial charge in [-0.2, -0.15) is 0 Å². The van der Waals surface area contributed by atoms with Crippen LogP contribution in [0.3, 0.4) is 0 Å². The molecule has 3 heterocycles. The van der Waals surface area contributed by atoms with E-state index < -0.39 is 23.3 Å². The van der Waals surface area contributed by atoms with Gasteiger partial charge in [-0.05, 0) is 55.8 Å². The minimum Gasteiger partial charge on any atom is -0.497 e. The molecule has 5 rings (SSSR count). The molecule has 0 N–H and O–H groups in total. The Morgan fingerprint density at radius 3 is 2.21 bits per heavy atom. The van der Waals surface area contributed by atoms with Crippen LogP contribution in [0.5, 0.6) is 5.75 Å². The summed E-state index contributed by atoms with van der Waals surface area (Å²) in [6, 6.07) is 12.0. The zero-order valence-electron chi connectivity index (χ0n) is 20.5. The van der Waals surface area contributed by atoms with Crippen LogP contribution in [0.15, 0.2) is 48.5 Å². The second-order valence-corrected chi connectivity index (χ2v) is 10.6. The average molecular weight is 459 g/mol. The third-order valence-corrected chi connectivity index (χ3v) is 7.34. The predicted molar refractivity (Wildman–Crippen MR) is 132 cm³/mol. The highest BCUT2D eigenvalue weighted by atomic mass is 16.5. The molecule has 0 radical (unpaired) electrons. The van der Waals surface area contributed by atoms with E-state index in [1.807, 2.05) is 51.7 Å². The Balaban J connectivity index is 1.66. The zero-order chi connectivity index (χ0) is 24.5. The topological polar surface area (TPSA) is 66.9 Å². The van der Waals surface area contributed by atoms with Gasteiger partial charge in [-0.25, -0.2) is 4.90 Å². The van der Waals surface area contributed by atoms with Gasteiger partial charge in [0.2, 0.25) is 11.8 Å². The molecule has 2 aromatic rings. The molecule has 176 valence electrons. The maximum absolute atomic E-state index is 13.9. The number of ketones is 1. The van der Waals surface area contributed by atoms with Crippen molar-refractivity contribution >= 4 is 34.5 Å². The summed E-state index contributed by atoms with van der Waals surface area (Å²) in [4.78, 5) is 44.8. The lowest BCUT2D eigenvalue weighted by Crippen LogP contribution is -2.51. The molecule has 34 heavy (non-hydrogen) atoms. The number of fused-ring (bicyclic) bond motifs is 5. The van der Waals surface area contributed by atoms with Gasteiger partial charge in [0.05, 0.1) is 30.7 Å². The summed E-state index contributed by atoms with van der Waals surface area (Å²) < 4.78 is 5.22. The number of allylic oxidation sites excluding steroid dienone is 1. The number of amides is 2. The number of Topliss-reactive ketones (excluding diaryl/α,β-unsaturated/α-hetero) is 1. The molecule has 2 aromatic carbocycles. The van der Waals surface area contributed by atoms with E-state index in [2.05, 4.69) is 12.1 Å². The lowest BCUT2D eigenvalue weighted by Gasteiger charge is -2.39. The maximum Gasteiger partial charge on any atom is 0.240 e. The van der Waals surface area contributed by atoms with Crippen molar-refractivity contribution in [3.8, 4) is 5.75 Å². The summed E-state index contributed by atoms with van der Waals surface area (Å²) in [6.07, 6.45) is 2.07. The molecule has 6 heteroatoms. The highest BCUT2D eigenvalue weighted by molar-refractivity contribution is 6.25. The van der Waals surface area contributed by atoms with E-state index in [0.717, 1.165) is 22.4 Å². The Morgan fingerprint density at radius 2 is 1.59 bits per heavy atom. The number of aryl methyl sites for hydroxylation is 1. The van der Waals surface area contributed by atoms with Crippen LogP contribution in [-0.4, -0.2) is 36.8 Å². The lowest BCUT2D eigenvalue weighted by molar-refractivity contribution is -0.132. The molecule has 4 atom stereocenters. The fourth-order valence-electron chi connectivity index (χ4n) is 5.69. The number of ether oxygens (including phenoxy) is 1. The number of hydrogen-bond donors (Lipinski definition) is 0. The highest BCUT2D eigenvalue weighted by Gasteiger charge is 2.65. The SMILES string of the molecule is COc1ccc(N2C(=O)[C@@H]3[C@H](C2=O)[C@H](C(=O)C(C)(C)C)N2c4ccc(C)cc4C(C)=C[C@H]32)cc1. The van der Waals surface area contributed by atoms with Crippen LogP contribution in [0.1, 0.15) is 38.8 Å². The van der Waals surface area contributed by atoms with Gasteiger partial charge < -0.3 is 9.64 Å². The molecule has 2 amide bonds. The minimum atomic E-state index is -0.734. The van der Waals surface area contributed by atoms with E-state index in [1.54, 1.807) is 31.4 Å². The van der Waals surface area contributed by atoms with Gasteiger partial charge in [-0.15, -0.1) is 0 Å². The second-order valence-electron chi connectivity index (χ2n) is 10.6. The first-order valence-corrected chi connectivity index (χ1v) is 11.7. The number of carbonyl (C=O) groups is 3. The van der Waals surface area contributed by atoms with Crippen LogP contribution in [0.2, 0.25) is 0 Å². The highest BCUT2D eigenvalue weighted by Crippen LogP contribution is 2.51. The second kappa shape index (κ2) is 7.55. The third-order valence-electron chi connectivity index (χ3n) is 7.34. The first kappa shape index (κ1) is 22.4. The maximum atomic E-state index is 13.9. The molecule has 2 fully saturated rings. The van der Waals surface area contributed by atoms with E-state index >= 15 is 0 Å². The summed E-state index contributed by atoms with van der Waals surface area (Å²) >= 11 is 0. The number of nitrogens with zero attached hydrogens (tertiary/aromatic N) is 2. The predicted octanol–water partition coefficient (Wildman–Crippen LogP) is 4.40. The number of anilines is 2. The largest absolute Gasteiger partial charge is 0.497 e. The first-order chi connectivity index (χ1) is 16.0. The van der Waals surface area contributed by atoms with Crippen LogP contribution in [0.25, 0.3) is 5.57 Å². The van der Waals surface area contributed by atoms with E-state index in [-0.39, 0.29) is 23.6 Å². The van der Waals surface area contributed by atoms with Crippen molar-refractivity contribution in [1.29, 1.82) is 0 Å². The van der Waals surface area contributed by atoms with Crippen molar-refractivity contribution in [2.24, 2.45) is 17.3 Å². The van der Waals surface area contributed by atoms with Gasteiger partial charge in [0, 0.05) is 16.7 Å². The fraction of sp³-hybridized carbons (Fsp3) is 0.393. The summed E-state index contributed by atoms with van der Waals surface area (Å²) in [6.45, 7) is 9.70. The van der Waals surface area contributed by atoms with Crippen molar-refractivity contribution in [2.45, 2.75) is 46.7 Å². The minimum absolute atomic E-state index is 0.0257. The monoisotopic (exact) mass is 458 g/mol. The molecule has 0 spiro atoms. The Labute approximate surface area is 200 Å². The Kier molecular flexibility index (Phi) is 4.97. The van der Waals surface area contributed by atoms with Gasteiger partial charge in [0.15, 0.2) is 5.78 Å². The third kappa shape index (κ3) is 3.11. The number of hydrogen-bond acceptors (Lipinski definition) is 5. The zero-order valence-corrected chi connectivity index (χ0v) is 20.5. The Bertz CT molecular complexity index is 1240. The van der Waals surface area contributed by atoms with Crippen LogP contribution in [-0.2, 0) is 14.4 Å². The Hall–Kier alpha value is -3.41. The number of rotatable bonds is 3. The molecular formula is C28H30N2O4. The molecule has 3 aliphatic rings. The normalized spacial score (nSPS) is 25.6. The van der Waals surface area contributed by atoms with E-state index in [0.29, 0.717) is 11.4 Å². The summed E-state index contributed by atoms with van der Waals surface area (Å²) in [5, 5.41) is 0. The van der Waals surface area contributed by atoms with E-state index in [1.165, 1.54) is 4.90 Å². The van der Waals surface area contributed by atoms with Crippen LogP contribution < -0.4 is 14.5 Å². The standard InChI is InChI=1S/C28H30N2O4/c1-15-7-12-20-19(13-15)16(2)14-21-22-23(24(30(20)21)25(31)28(3,4)5)27(33)29(26(22)32)17-8-10-18(34-6)11-9-17/h7-14,21-24H,1-6H3/t21-,22+,23+,24-/m1/s1. The van der Waals surface area contributed by atoms with Crippen LogP contribution >= 0.6 is 0 Å². The van der Waals surface area contributed by atoms with Crippen molar-refractivity contribution in [3.05, 3.63) is 59.7 Å². The molecule has 2 saturated heterocycles. The van der Waals surface area contributed by atoms with Crippen molar-refractivity contribution < 1.29 is 19.1 Å². The average Bonchev–Trinajstić information content (AvgIpc) is 3.25. The molecule has 0 saturated carbocycles. The fourth-order valence-corrected chi connectivity index (χ4v) is 5.69. The molecular weight excluding hydrogens is 428 g/mol. The number of benzene rings is 2. The summed E-state index contributed by atoms with van der Waals surface area (Å²) in [7, 11) is 1.57. The quantitative estimate of drug-likeness (QED) is 0.638. The van der Waals surface area contributed by atoms with Gasteiger partial charge in [0.25, 0.3) is 0 Å². The molecule has 6 nitrogen and oxygen atoms in total. The van der Waals surface area contributed by atoms with Crippen molar-refractivity contribution in [2.75, 3.05) is 16.9 Å². The number of carbonyl (C=O) groups excluding carboxylic acids is 3. The molecule has 0 aliphatic carbocycles. The van der Waals surface area contributed by atoms with Crippen molar-refractivity contribution in [3.63, 3.8) is 0 Å². The lowest BCUT2D eigenvalue weighted by atomic mass is 9.79. The van der Waals surface area contributed by atoms with Crippen molar-refractivity contribution in [1.82, 2.24) is 0 Å². The number of methoxy groups -OCH3 is 1. The van der Waals surface area contributed by atoms with Crippen LogP contribution in [0.4, 0.5) is 11.4 Å². The Morgan fingerprint density at radius 1 is 0.941 bits per heavy atom. The molecule has 0 aromatic heterocycles. The number of imide groups is 1. The first-order valence-electron chi connectivity index (χ1n) is 11.7. The summed E-state index contributed by atoms with van der Waals surface area (Å²) in [5.41, 5.74) is 4.00. The smallest absolute Gasteiger partial charge is 0.240 e.